The molecule has 0 saturated heterocycles. The van der Waals surface area contributed by atoms with Gasteiger partial charge in [-0.2, -0.15) is 0 Å². The minimum Gasteiger partial charge on any atom is -0.264 e. The van der Waals surface area contributed by atoms with Gasteiger partial charge in [-0.25, -0.2) is 0 Å². The average Bonchev–Trinajstić information content (AvgIpc) is 3.25. The van der Waals surface area contributed by atoms with E-state index in [1.807, 2.05) is 6.07 Å². The van der Waals surface area contributed by atoms with Crippen LogP contribution in [0.4, 0.5) is 0 Å². The number of benzene rings is 1. The van der Waals surface area contributed by atoms with Crippen LogP contribution >= 0.6 is 0 Å². The molecule has 4 aliphatic rings. The highest BCUT2D eigenvalue weighted by Crippen LogP contribution is 2.79. The fraction of sp³-hybridized carbons (Fsp3) is 0.714. The van der Waals surface area contributed by atoms with Crippen LogP contribution in [-0.2, 0) is 0 Å². The van der Waals surface area contributed by atoms with Gasteiger partial charge >= 0.3 is 0 Å². The first-order valence-corrected chi connectivity index (χ1v) is 9.94. The summed E-state index contributed by atoms with van der Waals surface area (Å²) < 4.78 is 0. The largest absolute Gasteiger partial charge is 0.264 e. The molecule has 0 bridgehead atoms. The van der Waals surface area contributed by atoms with Crippen LogP contribution in [0.1, 0.15) is 62.8 Å². The summed E-state index contributed by atoms with van der Waals surface area (Å²) in [6.07, 6.45) is 10.4. The molecule has 128 valence electrons. The van der Waals surface area contributed by atoms with Gasteiger partial charge in [0.2, 0.25) is 6.04 Å². The van der Waals surface area contributed by atoms with E-state index in [1.54, 1.807) is 0 Å². The summed E-state index contributed by atoms with van der Waals surface area (Å²) in [5, 5.41) is 12.1. The van der Waals surface area contributed by atoms with Crippen molar-refractivity contribution < 1.29 is 4.92 Å². The first kappa shape index (κ1) is 14.9. The molecule has 0 amide bonds. The average molecular weight is 325 g/mol. The predicted octanol–water partition coefficient (Wildman–Crippen LogP) is 5.04. The standard InChI is InChI=1S/C21H27NO2/c23-22(24)20-19(14-8-2-1-3-9-14)21(20)17-12-6-4-10-15(17)16-11-5-7-13-18(16)21/h1-3,8-9,15-20H,4-7,10-13H2/t15-,16-,17-,18+,19-,20+,21?/m1/s1. The zero-order valence-corrected chi connectivity index (χ0v) is 14.3. The van der Waals surface area contributed by atoms with Crippen LogP contribution in [0.2, 0.25) is 0 Å². The molecule has 4 saturated carbocycles. The quantitative estimate of drug-likeness (QED) is 0.564. The van der Waals surface area contributed by atoms with Gasteiger partial charge in [-0.05, 0) is 54.9 Å². The Balaban J connectivity index is 1.62. The summed E-state index contributed by atoms with van der Waals surface area (Å²) in [7, 11) is 0. The van der Waals surface area contributed by atoms with E-state index in [4.69, 9.17) is 0 Å². The lowest BCUT2D eigenvalue weighted by Crippen LogP contribution is -2.28. The Morgan fingerprint density at radius 3 is 1.96 bits per heavy atom. The second-order valence-electron chi connectivity index (χ2n) is 8.73. The number of nitro groups is 1. The van der Waals surface area contributed by atoms with E-state index in [1.165, 1.54) is 56.9 Å². The Bertz CT molecular complexity index is 620. The number of fused-ring (bicyclic) bond motifs is 5. The van der Waals surface area contributed by atoms with Crippen molar-refractivity contribution in [3.05, 3.63) is 46.0 Å². The van der Waals surface area contributed by atoms with Gasteiger partial charge in [-0.1, -0.05) is 56.0 Å². The molecule has 3 nitrogen and oxygen atoms in total. The van der Waals surface area contributed by atoms with Gasteiger partial charge < -0.3 is 0 Å². The smallest absolute Gasteiger partial charge is 0.227 e. The zero-order valence-electron chi connectivity index (χ0n) is 14.3. The van der Waals surface area contributed by atoms with E-state index in [2.05, 4.69) is 24.3 Å². The first-order chi connectivity index (χ1) is 11.8. The van der Waals surface area contributed by atoms with Crippen molar-refractivity contribution in [2.45, 2.75) is 63.3 Å². The highest BCUT2D eigenvalue weighted by atomic mass is 16.6. The molecule has 1 aromatic carbocycles. The summed E-state index contributed by atoms with van der Waals surface area (Å²) in [6.45, 7) is 0. The van der Waals surface area contributed by atoms with Crippen LogP contribution < -0.4 is 0 Å². The first-order valence-electron chi connectivity index (χ1n) is 9.94. The van der Waals surface area contributed by atoms with Crippen LogP contribution in [0, 0.1) is 39.2 Å². The molecule has 0 N–H and O–H groups in total. The third-order valence-electron chi connectivity index (χ3n) is 8.12. The maximum absolute atomic E-state index is 12.1. The fourth-order valence-corrected chi connectivity index (χ4v) is 7.60. The fourth-order valence-electron chi connectivity index (χ4n) is 7.60. The molecule has 1 spiro atoms. The lowest BCUT2D eigenvalue weighted by Gasteiger charge is -2.32. The molecule has 1 unspecified atom stereocenters. The Labute approximate surface area is 144 Å². The van der Waals surface area contributed by atoms with E-state index in [0.29, 0.717) is 11.8 Å². The lowest BCUT2D eigenvalue weighted by atomic mass is 9.73. The van der Waals surface area contributed by atoms with Crippen LogP contribution in [0.15, 0.2) is 30.3 Å². The summed E-state index contributed by atoms with van der Waals surface area (Å²) in [6, 6.07) is 10.1. The molecule has 7 atom stereocenters. The molecule has 4 aliphatic carbocycles. The van der Waals surface area contributed by atoms with Crippen molar-refractivity contribution in [2.75, 3.05) is 0 Å². The van der Waals surface area contributed by atoms with Gasteiger partial charge in [0.05, 0.1) is 11.3 Å². The Hall–Kier alpha value is -1.38. The molecule has 0 heterocycles. The van der Waals surface area contributed by atoms with Crippen molar-refractivity contribution in [1.29, 1.82) is 0 Å². The molecule has 24 heavy (non-hydrogen) atoms. The highest BCUT2D eigenvalue weighted by Gasteiger charge is 2.83. The molecule has 0 radical (unpaired) electrons. The minimum absolute atomic E-state index is 0.0129. The molecule has 0 aromatic heterocycles. The topological polar surface area (TPSA) is 43.1 Å². The van der Waals surface area contributed by atoms with Gasteiger partial charge in [-0.3, -0.25) is 10.1 Å². The van der Waals surface area contributed by atoms with Gasteiger partial charge in [0, 0.05) is 4.92 Å². The monoisotopic (exact) mass is 325 g/mol. The molecule has 4 fully saturated rings. The molecule has 0 aliphatic heterocycles. The Kier molecular flexibility index (Phi) is 3.30. The van der Waals surface area contributed by atoms with Crippen LogP contribution in [0.25, 0.3) is 0 Å². The number of hydrogen-bond acceptors (Lipinski definition) is 2. The molecular weight excluding hydrogens is 298 g/mol. The van der Waals surface area contributed by atoms with E-state index >= 15 is 0 Å². The van der Waals surface area contributed by atoms with E-state index < -0.39 is 0 Å². The van der Waals surface area contributed by atoms with Crippen molar-refractivity contribution in [2.24, 2.45) is 29.1 Å². The van der Waals surface area contributed by atoms with Crippen LogP contribution in [0.3, 0.4) is 0 Å². The van der Waals surface area contributed by atoms with E-state index in [0.717, 1.165) is 11.8 Å². The number of nitrogens with zero attached hydrogens (tertiary/aromatic N) is 1. The van der Waals surface area contributed by atoms with Crippen LogP contribution in [0.5, 0.6) is 0 Å². The summed E-state index contributed by atoms with van der Waals surface area (Å²) >= 11 is 0. The normalized spacial score (nSPS) is 46.3. The van der Waals surface area contributed by atoms with Crippen LogP contribution in [-0.4, -0.2) is 11.0 Å². The second-order valence-corrected chi connectivity index (χ2v) is 8.73. The van der Waals surface area contributed by atoms with Crippen molar-refractivity contribution in [1.82, 2.24) is 0 Å². The van der Waals surface area contributed by atoms with Crippen molar-refractivity contribution >= 4 is 0 Å². The van der Waals surface area contributed by atoms with Gasteiger partial charge in [0.25, 0.3) is 0 Å². The lowest BCUT2D eigenvalue weighted by molar-refractivity contribution is -0.506. The number of rotatable bonds is 2. The third-order valence-corrected chi connectivity index (χ3v) is 8.12. The summed E-state index contributed by atoms with van der Waals surface area (Å²) in [5.41, 5.74) is 1.22. The minimum atomic E-state index is -0.321. The third kappa shape index (κ3) is 1.79. The predicted molar refractivity (Wildman–Crippen MR) is 93.3 cm³/mol. The summed E-state index contributed by atoms with van der Waals surface area (Å²) in [4.78, 5) is 12.2. The van der Waals surface area contributed by atoms with Gasteiger partial charge in [0.1, 0.15) is 0 Å². The molecule has 1 aromatic rings. The van der Waals surface area contributed by atoms with Gasteiger partial charge in [0.15, 0.2) is 0 Å². The Morgan fingerprint density at radius 1 is 0.875 bits per heavy atom. The van der Waals surface area contributed by atoms with Gasteiger partial charge in [-0.15, -0.1) is 0 Å². The number of hydrogen-bond donors (Lipinski definition) is 0. The Morgan fingerprint density at radius 2 is 1.42 bits per heavy atom. The van der Waals surface area contributed by atoms with Crippen molar-refractivity contribution in [3.8, 4) is 0 Å². The molecule has 5 rings (SSSR count). The highest BCUT2D eigenvalue weighted by molar-refractivity contribution is 5.39. The SMILES string of the molecule is O=[N+]([O-])[C@H]1[C@@H](c2ccccc2)C12[C@@H]1CCCC[C@@H]1[C@H]1CCCC[C@@H]12. The molecule has 3 heteroatoms. The maximum Gasteiger partial charge on any atom is 0.227 e. The van der Waals surface area contributed by atoms with E-state index in [9.17, 15) is 10.1 Å². The summed E-state index contributed by atoms with van der Waals surface area (Å²) in [5.74, 6) is 2.95. The van der Waals surface area contributed by atoms with Crippen molar-refractivity contribution in [3.63, 3.8) is 0 Å². The van der Waals surface area contributed by atoms with E-state index in [-0.39, 0.29) is 22.3 Å². The molecular formula is C21H27NO2. The second kappa shape index (κ2) is 5.31. The maximum atomic E-state index is 12.1. The zero-order chi connectivity index (χ0) is 16.3.